The van der Waals surface area contributed by atoms with Crippen LogP contribution in [0.1, 0.15) is 62.3 Å². The summed E-state index contributed by atoms with van der Waals surface area (Å²) in [6.45, 7) is 33.7. The van der Waals surface area contributed by atoms with Crippen LogP contribution in [-0.4, -0.2) is 79.6 Å². The molecule has 2 bridgehead atoms. The van der Waals surface area contributed by atoms with E-state index in [9.17, 15) is 4.57 Å². The molecule has 0 N–H and O–H groups in total. The second-order valence-corrected chi connectivity index (χ2v) is 34.8. The minimum atomic E-state index is -3.64. The summed E-state index contributed by atoms with van der Waals surface area (Å²) in [6, 6.07) is 0. The van der Waals surface area contributed by atoms with Crippen LogP contribution in [0.4, 0.5) is 0 Å². The van der Waals surface area contributed by atoms with Gasteiger partial charge in [0.15, 0.2) is 28.6 Å². The van der Waals surface area contributed by atoms with Crippen molar-refractivity contribution < 1.29 is 36.4 Å². The van der Waals surface area contributed by atoms with Crippen LogP contribution in [-0.2, 0) is 36.4 Å². The van der Waals surface area contributed by atoms with Gasteiger partial charge in [0.1, 0.15) is 24.4 Å². The molecule has 0 saturated carbocycles. The summed E-state index contributed by atoms with van der Waals surface area (Å²) in [5, 5.41) is -0.0627. The maximum Gasteiger partial charge on any atom is 0.348 e. The normalized spacial score (nSPS) is 29.8. The standard InChI is InChI=1S/C27H58IO8PSi3/c1-24(2,3)38(12,13)32-18-19-20-21(35-39(14,15)25(4,5)6)22(36-40(16,17)26(7,8)9)27(33-19,34-20)23(28)37(29,30-10)31-11/h19-23H,18H2,1-17H3/t19-,20+,21+,22-,23?,27-/m1/s1. The molecular weight excluding hydrogens is 694 g/mol. The van der Waals surface area contributed by atoms with E-state index in [2.05, 4.69) is 124 Å². The molecule has 0 aromatic rings. The SMILES string of the molecule is COP(=O)(OC)C(I)[C@]12O[C@H]([C@H](O[Si](C)(C)C(C)(C)C)[C@H]1O[Si](C)(C)C(C)(C)C)[C@@H](CO[Si](C)(C)C(C)(C)C)O2. The molecule has 0 aromatic heterocycles. The molecule has 0 aliphatic carbocycles. The molecule has 8 nitrogen and oxygen atoms in total. The average Bonchev–Trinajstić information content (AvgIpc) is 3.29. The third-order valence-corrected chi connectivity index (χ3v) is 28.3. The maximum absolute atomic E-state index is 13.9. The van der Waals surface area contributed by atoms with Gasteiger partial charge >= 0.3 is 7.60 Å². The first-order valence-electron chi connectivity index (χ1n) is 14.3. The predicted molar refractivity (Wildman–Crippen MR) is 179 cm³/mol. The van der Waals surface area contributed by atoms with Gasteiger partial charge in [-0.1, -0.05) is 84.9 Å². The summed E-state index contributed by atoms with van der Waals surface area (Å²) < 4.78 is 58.8. The fraction of sp³-hybridized carbons (Fsp3) is 1.00. The Morgan fingerprint density at radius 3 is 1.60 bits per heavy atom. The molecule has 2 fully saturated rings. The van der Waals surface area contributed by atoms with Crippen molar-refractivity contribution in [1.82, 2.24) is 0 Å². The molecule has 238 valence electrons. The number of alkyl halides is 1. The van der Waals surface area contributed by atoms with Crippen LogP contribution >= 0.6 is 30.2 Å². The highest BCUT2D eigenvalue weighted by molar-refractivity contribution is 14.1. The van der Waals surface area contributed by atoms with E-state index in [1.165, 1.54) is 14.2 Å². The van der Waals surface area contributed by atoms with E-state index >= 15 is 0 Å². The minimum absolute atomic E-state index is 0.0322. The highest BCUT2D eigenvalue weighted by Crippen LogP contribution is 2.65. The van der Waals surface area contributed by atoms with Crippen molar-refractivity contribution in [2.45, 2.75) is 151 Å². The molecule has 0 amide bonds. The van der Waals surface area contributed by atoms with Crippen molar-refractivity contribution in [2.24, 2.45) is 0 Å². The van der Waals surface area contributed by atoms with Gasteiger partial charge in [-0.3, -0.25) is 4.57 Å². The largest absolute Gasteiger partial charge is 0.414 e. The number of ether oxygens (including phenoxy) is 2. The van der Waals surface area contributed by atoms with E-state index in [-0.39, 0.29) is 15.1 Å². The van der Waals surface area contributed by atoms with Gasteiger partial charge in [0.2, 0.25) is 5.79 Å². The van der Waals surface area contributed by atoms with Gasteiger partial charge in [0.25, 0.3) is 0 Å². The zero-order valence-corrected chi connectivity index (χ0v) is 34.2. The maximum atomic E-state index is 13.9. The second-order valence-electron chi connectivity index (χ2n) is 15.9. The summed E-state index contributed by atoms with van der Waals surface area (Å²) in [7, 11) is -7.56. The van der Waals surface area contributed by atoms with Crippen molar-refractivity contribution in [3.63, 3.8) is 0 Å². The smallest absolute Gasteiger partial charge is 0.348 e. The molecule has 40 heavy (non-hydrogen) atoms. The summed E-state index contributed by atoms with van der Waals surface area (Å²) in [5.41, 5.74) is 0. The zero-order valence-electron chi connectivity index (χ0n) is 28.2. The average molecular weight is 753 g/mol. The first-order valence-corrected chi connectivity index (χ1v) is 25.9. The number of hydrogen-bond donors (Lipinski definition) is 0. The van der Waals surface area contributed by atoms with Crippen molar-refractivity contribution in [2.75, 3.05) is 20.8 Å². The lowest BCUT2D eigenvalue weighted by molar-refractivity contribution is -0.207. The molecule has 2 heterocycles. The second kappa shape index (κ2) is 11.9. The fourth-order valence-electron chi connectivity index (χ4n) is 4.09. The third kappa shape index (κ3) is 7.08. The van der Waals surface area contributed by atoms with E-state index in [0.29, 0.717) is 6.61 Å². The Morgan fingerprint density at radius 2 is 1.20 bits per heavy atom. The highest BCUT2D eigenvalue weighted by atomic mass is 127. The van der Waals surface area contributed by atoms with Crippen molar-refractivity contribution in [3.05, 3.63) is 0 Å². The van der Waals surface area contributed by atoms with E-state index in [0.717, 1.165) is 0 Å². The first kappa shape index (κ1) is 37.5. The Labute approximate surface area is 261 Å². The topological polar surface area (TPSA) is 81.7 Å². The van der Waals surface area contributed by atoms with E-state index in [1.807, 2.05) is 0 Å². The van der Waals surface area contributed by atoms with Crippen LogP contribution in [0.2, 0.25) is 54.4 Å². The Hall–Kier alpha value is 1.33. The van der Waals surface area contributed by atoms with Gasteiger partial charge < -0.3 is 31.8 Å². The molecule has 1 unspecified atom stereocenters. The summed E-state index contributed by atoms with van der Waals surface area (Å²) in [6.07, 6.45) is -1.90. The molecule has 2 aliphatic heterocycles. The van der Waals surface area contributed by atoms with Crippen molar-refractivity contribution in [1.29, 1.82) is 0 Å². The van der Waals surface area contributed by atoms with Crippen LogP contribution in [0.5, 0.6) is 0 Å². The summed E-state index contributed by atoms with van der Waals surface area (Å²) in [5.74, 6) is -1.39. The summed E-state index contributed by atoms with van der Waals surface area (Å²) >= 11 is 2.12. The zero-order chi connectivity index (χ0) is 31.5. The number of hydrogen-bond acceptors (Lipinski definition) is 8. The molecule has 6 atom stereocenters. The lowest BCUT2D eigenvalue weighted by Crippen LogP contribution is -2.64. The molecule has 0 spiro atoms. The summed E-state index contributed by atoms with van der Waals surface area (Å²) in [4.78, 5) is 0. The van der Waals surface area contributed by atoms with Gasteiger partial charge in [-0.15, -0.1) is 0 Å². The first-order chi connectivity index (χ1) is 17.6. The Kier molecular flexibility index (Phi) is 11.2. The van der Waals surface area contributed by atoms with Gasteiger partial charge in [0, 0.05) is 14.2 Å². The number of fused-ring (bicyclic) bond motifs is 2. The number of halogens is 1. The van der Waals surface area contributed by atoms with Crippen LogP contribution in [0.15, 0.2) is 0 Å². The lowest BCUT2D eigenvalue weighted by Gasteiger charge is -2.49. The minimum Gasteiger partial charge on any atom is -0.414 e. The van der Waals surface area contributed by atoms with E-state index in [4.69, 9.17) is 31.8 Å². The van der Waals surface area contributed by atoms with E-state index in [1.54, 1.807) is 0 Å². The molecule has 2 rings (SSSR count). The molecule has 13 heteroatoms. The monoisotopic (exact) mass is 752 g/mol. The van der Waals surface area contributed by atoms with Gasteiger partial charge in [-0.25, -0.2) is 0 Å². The predicted octanol–water partition coefficient (Wildman–Crippen LogP) is 8.53. The lowest BCUT2D eigenvalue weighted by atomic mass is 9.99. The molecule has 0 aromatic carbocycles. The Bertz CT molecular complexity index is 932. The van der Waals surface area contributed by atoms with Gasteiger partial charge in [-0.05, 0) is 54.4 Å². The van der Waals surface area contributed by atoms with Crippen LogP contribution in [0.3, 0.4) is 0 Å². The van der Waals surface area contributed by atoms with Gasteiger partial charge in [0.05, 0.1) is 6.61 Å². The molecule has 2 aliphatic rings. The van der Waals surface area contributed by atoms with Crippen LogP contribution < -0.4 is 0 Å². The Balaban J connectivity index is 2.69. The fourth-order valence-corrected chi connectivity index (χ4v) is 10.9. The Morgan fingerprint density at radius 1 is 0.775 bits per heavy atom. The molecular formula is C27H58IO8PSi3. The van der Waals surface area contributed by atoms with Gasteiger partial charge in [-0.2, -0.15) is 0 Å². The van der Waals surface area contributed by atoms with Crippen LogP contribution in [0, 0.1) is 0 Å². The molecule has 2 saturated heterocycles. The highest BCUT2D eigenvalue weighted by Gasteiger charge is 2.73. The van der Waals surface area contributed by atoms with Crippen molar-refractivity contribution >= 4 is 55.1 Å². The van der Waals surface area contributed by atoms with Crippen molar-refractivity contribution in [3.8, 4) is 0 Å². The third-order valence-electron chi connectivity index (χ3n) is 10.0. The van der Waals surface area contributed by atoms with E-state index < -0.39 is 66.4 Å². The molecule has 0 radical (unpaired) electrons. The number of rotatable bonds is 11. The quantitative estimate of drug-likeness (QED) is 0.0900. The van der Waals surface area contributed by atoms with Crippen LogP contribution in [0.25, 0.3) is 0 Å².